The van der Waals surface area contributed by atoms with Crippen molar-refractivity contribution in [2.75, 3.05) is 45.8 Å². The number of amides is 2. The SMILES string of the molecule is CCc1ccc(C(=O)N2CCN(C(C(=O)NCCCN3CCCCC3C)C3CCCC3)CC2)cc1. The van der Waals surface area contributed by atoms with E-state index in [0.717, 1.165) is 57.4 Å². The highest BCUT2D eigenvalue weighted by atomic mass is 16.2. The average Bonchev–Trinajstić information content (AvgIpc) is 3.42. The lowest BCUT2D eigenvalue weighted by molar-refractivity contribution is -0.129. The van der Waals surface area contributed by atoms with Crippen molar-refractivity contribution in [3.8, 4) is 0 Å². The van der Waals surface area contributed by atoms with Gasteiger partial charge in [0.05, 0.1) is 6.04 Å². The number of piperidine rings is 1. The number of piperazine rings is 1. The summed E-state index contributed by atoms with van der Waals surface area (Å²) in [6.45, 7) is 10.4. The maximum Gasteiger partial charge on any atom is 0.253 e. The fourth-order valence-electron chi connectivity index (χ4n) is 6.31. The van der Waals surface area contributed by atoms with Crippen LogP contribution in [-0.4, -0.2) is 84.4 Å². The molecular weight excluding hydrogens is 436 g/mol. The molecule has 35 heavy (non-hydrogen) atoms. The van der Waals surface area contributed by atoms with Crippen LogP contribution in [0, 0.1) is 5.92 Å². The van der Waals surface area contributed by atoms with E-state index in [1.807, 2.05) is 17.0 Å². The fourth-order valence-corrected chi connectivity index (χ4v) is 6.31. The first kappa shape index (κ1) is 26.2. The van der Waals surface area contributed by atoms with Gasteiger partial charge in [0.2, 0.25) is 5.91 Å². The van der Waals surface area contributed by atoms with Crippen LogP contribution in [0.25, 0.3) is 0 Å². The first-order valence-electron chi connectivity index (χ1n) is 14.2. The van der Waals surface area contributed by atoms with Gasteiger partial charge in [-0.3, -0.25) is 14.5 Å². The van der Waals surface area contributed by atoms with Gasteiger partial charge in [-0.15, -0.1) is 0 Å². The molecule has 1 aromatic rings. The molecule has 3 fully saturated rings. The van der Waals surface area contributed by atoms with Crippen molar-refractivity contribution in [1.29, 1.82) is 0 Å². The average molecular weight is 483 g/mol. The lowest BCUT2D eigenvalue weighted by atomic mass is 9.95. The molecule has 1 aromatic carbocycles. The first-order valence-corrected chi connectivity index (χ1v) is 14.2. The first-order chi connectivity index (χ1) is 17.1. The normalized spacial score (nSPS) is 23.4. The van der Waals surface area contributed by atoms with Crippen molar-refractivity contribution >= 4 is 11.8 Å². The van der Waals surface area contributed by atoms with Gasteiger partial charge in [-0.2, -0.15) is 0 Å². The van der Waals surface area contributed by atoms with Crippen LogP contribution in [0.1, 0.15) is 81.1 Å². The lowest BCUT2D eigenvalue weighted by Gasteiger charge is -2.41. The number of carbonyl (C=O) groups is 2. The Labute approximate surface area is 212 Å². The number of hydrogen-bond donors (Lipinski definition) is 1. The summed E-state index contributed by atoms with van der Waals surface area (Å²) in [5.41, 5.74) is 2.02. The highest BCUT2D eigenvalue weighted by molar-refractivity contribution is 5.94. The summed E-state index contributed by atoms with van der Waals surface area (Å²) in [7, 11) is 0. The molecular formula is C29H46N4O2. The van der Waals surface area contributed by atoms with Crippen molar-refractivity contribution in [3.63, 3.8) is 0 Å². The van der Waals surface area contributed by atoms with Crippen LogP contribution < -0.4 is 5.32 Å². The van der Waals surface area contributed by atoms with E-state index in [0.29, 0.717) is 25.0 Å². The standard InChI is InChI=1S/C29H46N4O2/c1-3-24-12-14-26(15-13-24)29(35)33-21-19-32(20-22-33)27(25-10-4-5-11-25)28(34)30-16-8-18-31-17-7-6-9-23(31)2/h12-15,23,25,27H,3-11,16-22H2,1-2H3,(H,30,34). The third kappa shape index (κ3) is 6.85. The molecule has 2 atom stereocenters. The molecule has 0 aromatic heterocycles. The quantitative estimate of drug-likeness (QED) is 0.542. The maximum atomic E-state index is 13.4. The maximum absolute atomic E-state index is 13.4. The van der Waals surface area contributed by atoms with Crippen LogP contribution in [-0.2, 0) is 11.2 Å². The van der Waals surface area contributed by atoms with Gasteiger partial charge >= 0.3 is 0 Å². The van der Waals surface area contributed by atoms with E-state index in [4.69, 9.17) is 0 Å². The fraction of sp³-hybridized carbons (Fsp3) is 0.724. The number of nitrogens with zero attached hydrogens (tertiary/aromatic N) is 3. The largest absolute Gasteiger partial charge is 0.355 e. The number of hydrogen-bond acceptors (Lipinski definition) is 4. The predicted molar refractivity (Wildman–Crippen MR) is 142 cm³/mol. The van der Waals surface area contributed by atoms with Gasteiger partial charge in [-0.25, -0.2) is 0 Å². The van der Waals surface area contributed by atoms with E-state index < -0.39 is 0 Å². The second kappa shape index (κ2) is 12.9. The van der Waals surface area contributed by atoms with Crippen molar-refractivity contribution in [2.45, 2.75) is 83.7 Å². The molecule has 6 nitrogen and oxygen atoms in total. The van der Waals surface area contributed by atoms with Crippen LogP contribution in [0.5, 0.6) is 0 Å². The van der Waals surface area contributed by atoms with Gasteiger partial charge in [0, 0.05) is 50.9 Å². The van der Waals surface area contributed by atoms with Crippen LogP contribution in [0.2, 0.25) is 0 Å². The van der Waals surface area contributed by atoms with Gasteiger partial charge in [0.15, 0.2) is 0 Å². The van der Waals surface area contributed by atoms with Crippen LogP contribution >= 0.6 is 0 Å². The molecule has 2 saturated heterocycles. The Balaban J connectivity index is 1.28. The Bertz CT molecular complexity index is 812. The predicted octanol–water partition coefficient (Wildman–Crippen LogP) is 3.95. The zero-order valence-corrected chi connectivity index (χ0v) is 22.0. The molecule has 1 saturated carbocycles. The van der Waals surface area contributed by atoms with Gasteiger partial charge < -0.3 is 15.1 Å². The molecule has 0 radical (unpaired) electrons. The molecule has 2 heterocycles. The Morgan fingerprint density at radius 3 is 2.29 bits per heavy atom. The highest BCUT2D eigenvalue weighted by Crippen LogP contribution is 2.31. The summed E-state index contributed by atoms with van der Waals surface area (Å²) in [5, 5.41) is 3.29. The van der Waals surface area contributed by atoms with Crippen LogP contribution in [0.4, 0.5) is 0 Å². The lowest BCUT2D eigenvalue weighted by Crippen LogP contribution is -2.58. The Hall–Kier alpha value is -1.92. The van der Waals surface area contributed by atoms with Crippen LogP contribution in [0.3, 0.4) is 0 Å². The summed E-state index contributed by atoms with van der Waals surface area (Å²) in [4.78, 5) is 33.3. The molecule has 4 rings (SSSR count). The monoisotopic (exact) mass is 482 g/mol. The van der Waals surface area contributed by atoms with Gasteiger partial charge in [0.25, 0.3) is 5.91 Å². The summed E-state index contributed by atoms with van der Waals surface area (Å²) in [6, 6.07) is 8.63. The molecule has 2 unspecified atom stereocenters. The van der Waals surface area contributed by atoms with E-state index in [2.05, 4.69) is 41.1 Å². The van der Waals surface area contributed by atoms with Gasteiger partial charge in [-0.1, -0.05) is 38.3 Å². The van der Waals surface area contributed by atoms with Crippen molar-refractivity contribution in [3.05, 3.63) is 35.4 Å². The number of aryl methyl sites for hydroxylation is 1. The second-order valence-electron chi connectivity index (χ2n) is 10.9. The third-order valence-corrected chi connectivity index (χ3v) is 8.58. The van der Waals surface area contributed by atoms with E-state index in [9.17, 15) is 9.59 Å². The molecule has 2 aliphatic heterocycles. The van der Waals surface area contributed by atoms with E-state index in [1.54, 1.807) is 0 Å². The van der Waals surface area contributed by atoms with Crippen molar-refractivity contribution < 1.29 is 9.59 Å². The summed E-state index contributed by atoms with van der Waals surface area (Å²) in [5.74, 6) is 0.764. The topological polar surface area (TPSA) is 55.9 Å². The van der Waals surface area contributed by atoms with Crippen molar-refractivity contribution in [1.82, 2.24) is 20.0 Å². The van der Waals surface area contributed by atoms with Gasteiger partial charge in [0.1, 0.15) is 0 Å². The van der Waals surface area contributed by atoms with Crippen LogP contribution in [0.15, 0.2) is 24.3 Å². The molecule has 0 bridgehead atoms. The van der Waals surface area contributed by atoms with E-state index in [-0.39, 0.29) is 17.9 Å². The van der Waals surface area contributed by atoms with E-state index in [1.165, 1.54) is 44.2 Å². The molecule has 1 aliphatic carbocycles. The highest BCUT2D eigenvalue weighted by Gasteiger charge is 2.37. The van der Waals surface area contributed by atoms with Gasteiger partial charge in [-0.05, 0) is 75.6 Å². The minimum absolute atomic E-state index is 0.0486. The Morgan fingerprint density at radius 1 is 0.943 bits per heavy atom. The Kier molecular flexibility index (Phi) is 9.61. The zero-order chi connectivity index (χ0) is 24.6. The summed E-state index contributed by atoms with van der Waals surface area (Å²) < 4.78 is 0. The second-order valence-corrected chi connectivity index (χ2v) is 10.9. The summed E-state index contributed by atoms with van der Waals surface area (Å²) in [6.07, 6.45) is 10.7. The molecule has 6 heteroatoms. The van der Waals surface area contributed by atoms with Crippen molar-refractivity contribution in [2.24, 2.45) is 5.92 Å². The summed E-state index contributed by atoms with van der Waals surface area (Å²) >= 11 is 0. The Morgan fingerprint density at radius 2 is 1.63 bits per heavy atom. The number of nitrogens with one attached hydrogen (secondary N) is 1. The number of carbonyl (C=O) groups excluding carboxylic acids is 2. The minimum Gasteiger partial charge on any atom is -0.355 e. The molecule has 0 spiro atoms. The zero-order valence-electron chi connectivity index (χ0n) is 22.0. The van der Waals surface area contributed by atoms with E-state index >= 15 is 0 Å². The third-order valence-electron chi connectivity index (χ3n) is 8.58. The molecule has 1 N–H and O–H groups in total. The molecule has 2 amide bonds. The number of likely N-dealkylation sites (tertiary alicyclic amines) is 1. The minimum atomic E-state index is -0.0486. The number of rotatable bonds is 9. The number of benzene rings is 1. The smallest absolute Gasteiger partial charge is 0.253 e. The molecule has 194 valence electrons. The molecule has 3 aliphatic rings.